The van der Waals surface area contributed by atoms with Gasteiger partial charge in [0.15, 0.2) is 0 Å². The van der Waals surface area contributed by atoms with Gasteiger partial charge in [0.25, 0.3) is 0 Å². The highest BCUT2D eigenvalue weighted by Gasteiger charge is 2.12. The molecule has 0 fully saturated rings. The SMILES string of the molecule is O=C(N/N=C/c1ccc(Cl)c(Cl)c1)C(=O)Nc1ccccc1. The molecule has 5 nitrogen and oxygen atoms in total. The van der Waals surface area contributed by atoms with Gasteiger partial charge in [-0.3, -0.25) is 9.59 Å². The molecule has 0 heterocycles. The van der Waals surface area contributed by atoms with E-state index in [1.165, 1.54) is 6.21 Å². The van der Waals surface area contributed by atoms with Gasteiger partial charge < -0.3 is 5.32 Å². The lowest BCUT2D eigenvalue weighted by molar-refractivity contribution is -0.136. The number of anilines is 1. The molecule has 2 amide bonds. The number of nitrogens with one attached hydrogen (secondary N) is 2. The molecule has 0 aliphatic rings. The number of hydrogen-bond acceptors (Lipinski definition) is 3. The Morgan fingerprint density at radius 1 is 0.955 bits per heavy atom. The molecule has 7 heteroatoms. The molecule has 112 valence electrons. The van der Waals surface area contributed by atoms with Crippen LogP contribution in [0.1, 0.15) is 5.56 Å². The summed E-state index contributed by atoms with van der Waals surface area (Å²) in [4.78, 5) is 23.2. The van der Waals surface area contributed by atoms with Gasteiger partial charge in [0.05, 0.1) is 16.3 Å². The third-order valence-corrected chi connectivity index (χ3v) is 3.30. The minimum Gasteiger partial charge on any atom is -0.318 e. The minimum absolute atomic E-state index is 0.374. The quantitative estimate of drug-likeness (QED) is 0.514. The van der Waals surface area contributed by atoms with Crippen LogP contribution >= 0.6 is 23.2 Å². The number of carbonyl (C=O) groups is 2. The maximum atomic E-state index is 11.6. The van der Waals surface area contributed by atoms with Gasteiger partial charge in [-0.2, -0.15) is 5.10 Å². The zero-order chi connectivity index (χ0) is 15.9. The second-order valence-electron chi connectivity index (χ2n) is 4.19. The number of para-hydroxylation sites is 1. The molecule has 2 N–H and O–H groups in total. The number of rotatable bonds is 3. The third kappa shape index (κ3) is 4.58. The largest absolute Gasteiger partial charge is 0.329 e. The van der Waals surface area contributed by atoms with Gasteiger partial charge in [0.2, 0.25) is 0 Å². The van der Waals surface area contributed by atoms with Gasteiger partial charge in [0.1, 0.15) is 0 Å². The van der Waals surface area contributed by atoms with Crippen LogP contribution in [0, 0.1) is 0 Å². The third-order valence-electron chi connectivity index (χ3n) is 2.56. The van der Waals surface area contributed by atoms with E-state index in [2.05, 4.69) is 15.8 Å². The van der Waals surface area contributed by atoms with Crippen molar-refractivity contribution in [3.05, 3.63) is 64.1 Å². The molecule has 2 aromatic rings. The van der Waals surface area contributed by atoms with Gasteiger partial charge in [-0.25, -0.2) is 5.43 Å². The van der Waals surface area contributed by atoms with Crippen molar-refractivity contribution < 1.29 is 9.59 Å². The van der Waals surface area contributed by atoms with E-state index in [-0.39, 0.29) is 0 Å². The van der Waals surface area contributed by atoms with Crippen molar-refractivity contribution in [1.29, 1.82) is 0 Å². The fraction of sp³-hybridized carbons (Fsp3) is 0. The van der Waals surface area contributed by atoms with E-state index in [9.17, 15) is 9.59 Å². The zero-order valence-electron chi connectivity index (χ0n) is 11.2. The minimum atomic E-state index is -0.875. The van der Waals surface area contributed by atoms with Gasteiger partial charge in [0, 0.05) is 5.69 Å². The highest BCUT2D eigenvalue weighted by Crippen LogP contribution is 2.21. The molecule has 0 bridgehead atoms. The van der Waals surface area contributed by atoms with Crippen LogP contribution in [0.4, 0.5) is 5.69 Å². The smallest absolute Gasteiger partial charge is 0.318 e. The Labute approximate surface area is 136 Å². The standard InChI is InChI=1S/C15H11Cl2N3O2/c16-12-7-6-10(8-13(12)17)9-18-20-15(22)14(21)19-11-4-2-1-3-5-11/h1-9H,(H,19,21)(H,20,22)/b18-9+. The lowest BCUT2D eigenvalue weighted by atomic mass is 10.2. The van der Waals surface area contributed by atoms with Crippen molar-refractivity contribution in [1.82, 2.24) is 5.43 Å². The van der Waals surface area contributed by atoms with Crippen LogP contribution in [0.15, 0.2) is 53.6 Å². The summed E-state index contributed by atoms with van der Waals surface area (Å²) in [6.07, 6.45) is 1.36. The Bertz CT molecular complexity index is 718. The summed E-state index contributed by atoms with van der Waals surface area (Å²) in [7, 11) is 0. The van der Waals surface area contributed by atoms with Crippen LogP contribution in [0.25, 0.3) is 0 Å². The molecule has 0 unspecified atom stereocenters. The van der Waals surface area contributed by atoms with E-state index in [1.807, 2.05) is 0 Å². The van der Waals surface area contributed by atoms with Gasteiger partial charge in [-0.05, 0) is 29.8 Å². The van der Waals surface area contributed by atoms with Crippen LogP contribution in [-0.2, 0) is 9.59 Å². The van der Waals surface area contributed by atoms with E-state index < -0.39 is 11.8 Å². The monoisotopic (exact) mass is 335 g/mol. The predicted molar refractivity (Wildman–Crippen MR) is 87.3 cm³/mol. The Kier molecular flexibility index (Phi) is 5.52. The Balaban J connectivity index is 1.90. The summed E-state index contributed by atoms with van der Waals surface area (Å²) in [6, 6.07) is 13.5. The van der Waals surface area contributed by atoms with Crippen molar-refractivity contribution in [2.75, 3.05) is 5.32 Å². The van der Waals surface area contributed by atoms with Crippen LogP contribution in [0.3, 0.4) is 0 Å². The first-order chi connectivity index (χ1) is 10.6. The first kappa shape index (κ1) is 16.0. The van der Waals surface area contributed by atoms with Gasteiger partial charge >= 0.3 is 11.8 Å². The molecule has 0 saturated carbocycles. The van der Waals surface area contributed by atoms with Crippen LogP contribution in [0.5, 0.6) is 0 Å². The molecular formula is C15H11Cl2N3O2. The molecule has 2 aromatic carbocycles. The fourth-order valence-electron chi connectivity index (χ4n) is 1.52. The Morgan fingerprint density at radius 2 is 1.68 bits per heavy atom. The lowest BCUT2D eigenvalue weighted by Crippen LogP contribution is -2.32. The fourth-order valence-corrected chi connectivity index (χ4v) is 1.82. The first-order valence-corrected chi connectivity index (χ1v) is 6.96. The normalized spacial score (nSPS) is 10.5. The van der Waals surface area contributed by atoms with E-state index in [0.29, 0.717) is 21.3 Å². The second kappa shape index (κ2) is 7.59. The molecule has 0 aromatic heterocycles. The molecule has 0 aliphatic heterocycles. The molecule has 0 aliphatic carbocycles. The van der Waals surface area contributed by atoms with E-state index in [0.717, 1.165) is 0 Å². The average Bonchev–Trinajstić information content (AvgIpc) is 2.51. The molecule has 0 saturated heterocycles. The maximum Gasteiger partial charge on any atom is 0.329 e. The van der Waals surface area contributed by atoms with Crippen LogP contribution in [-0.4, -0.2) is 18.0 Å². The maximum absolute atomic E-state index is 11.6. The highest BCUT2D eigenvalue weighted by molar-refractivity contribution is 6.42. The number of benzene rings is 2. The predicted octanol–water partition coefficient (Wildman–Crippen LogP) is 3.08. The molecule has 2 rings (SSSR count). The van der Waals surface area contributed by atoms with E-state index >= 15 is 0 Å². The number of nitrogens with zero attached hydrogens (tertiary/aromatic N) is 1. The number of hydrogen-bond donors (Lipinski definition) is 2. The summed E-state index contributed by atoms with van der Waals surface area (Å²) in [5.74, 6) is -1.68. The molecule has 0 atom stereocenters. The molecule has 0 spiro atoms. The number of halogens is 2. The second-order valence-corrected chi connectivity index (χ2v) is 5.01. The van der Waals surface area contributed by atoms with Gasteiger partial charge in [-0.1, -0.05) is 47.5 Å². The van der Waals surface area contributed by atoms with Crippen LogP contribution in [0.2, 0.25) is 10.0 Å². The molecule has 0 radical (unpaired) electrons. The molecular weight excluding hydrogens is 325 g/mol. The number of hydrazone groups is 1. The average molecular weight is 336 g/mol. The van der Waals surface area contributed by atoms with E-state index in [4.69, 9.17) is 23.2 Å². The summed E-state index contributed by atoms with van der Waals surface area (Å²) in [5, 5.41) is 6.93. The first-order valence-electron chi connectivity index (χ1n) is 6.21. The van der Waals surface area contributed by atoms with Crippen molar-refractivity contribution in [2.45, 2.75) is 0 Å². The Morgan fingerprint density at radius 3 is 2.36 bits per heavy atom. The van der Waals surface area contributed by atoms with Gasteiger partial charge in [-0.15, -0.1) is 0 Å². The topological polar surface area (TPSA) is 70.6 Å². The number of amides is 2. The van der Waals surface area contributed by atoms with Crippen molar-refractivity contribution in [3.8, 4) is 0 Å². The Hall–Kier alpha value is -2.37. The number of carbonyl (C=O) groups excluding carboxylic acids is 2. The highest BCUT2D eigenvalue weighted by atomic mass is 35.5. The van der Waals surface area contributed by atoms with Crippen LogP contribution < -0.4 is 10.7 Å². The lowest BCUT2D eigenvalue weighted by Gasteiger charge is -2.03. The molecule has 22 heavy (non-hydrogen) atoms. The summed E-state index contributed by atoms with van der Waals surface area (Å²) < 4.78 is 0. The van der Waals surface area contributed by atoms with Crippen molar-refractivity contribution in [2.24, 2.45) is 5.10 Å². The summed E-state index contributed by atoms with van der Waals surface area (Å²) >= 11 is 11.6. The summed E-state index contributed by atoms with van der Waals surface area (Å²) in [5.41, 5.74) is 3.29. The van der Waals surface area contributed by atoms with E-state index in [1.54, 1.807) is 48.5 Å². The zero-order valence-corrected chi connectivity index (χ0v) is 12.7. The van der Waals surface area contributed by atoms with Crippen molar-refractivity contribution in [3.63, 3.8) is 0 Å². The summed E-state index contributed by atoms with van der Waals surface area (Å²) in [6.45, 7) is 0. The van der Waals surface area contributed by atoms with Crippen molar-refractivity contribution >= 4 is 46.9 Å².